The molecule has 0 amide bonds. The molecule has 0 bridgehead atoms. The fraction of sp³-hybridized carbons (Fsp3) is 0.533. The predicted octanol–water partition coefficient (Wildman–Crippen LogP) is 1.80. The molecule has 0 saturated carbocycles. The zero-order valence-electron chi connectivity index (χ0n) is 11.1. The van der Waals surface area contributed by atoms with Gasteiger partial charge in [0.15, 0.2) is 18.4 Å². The van der Waals surface area contributed by atoms with E-state index in [9.17, 15) is 4.79 Å². The van der Waals surface area contributed by atoms with Gasteiger partial charge in [-0.3, -0.25) is 9.69 Å². The first-order chi connectivity index (χ1) is 9.22. The Hall–Kier alpha value is -1.23. The minimum absolute atomic E-state index is 0.0803. The van der Waals surface area contributed by atoms with Crippen molar-refractivity contribution in [2.45, 2.75) is 32.5 Å². The van der Waals surface area contributed by atoms with Crippen LogP contribution in [0, 0.1) is 5.92 Å². The first kappa shape index (κ1) is 12.8. The van der Waals surface area contributed by atoms with Gasteiger partial charge in [-0.15, -0.1) is 0 Å². The molecule has 1 aromatic rings. The topological polar surface area (TPSA) is 38.8 Å². The van der Waals surface area contributed by atoms with Crippen molar-refractivity contribution in [3.05, 3.63) is 35.9 Å². The summed E-state index contributed by atoms with van der Waals surface area (Å²) in [5, 5.41) is 0. The molecule has 2 heterocycles. The van der Waals surface area contributed by atoms with Crippen LogP contribution in [0.15, 0.2) is 30.3 Å². The zero-order chi connectivity index (χ0) is 13.2. The molecular formula is C15H19NO3. The summed E-state index contributed by atoms with van der Waals surface area (Å²) in [4.78, 5) is 14.3. The highest BCUT2D eigenvalue weighted by Gasteiger charge is 2.41. The number of ketones is 1. The van der Waals surface area contributed by atoms with Crippen LogP contribution in [0.1, 0.15) is 18.9 Å². The highest BCUT2D eigenvalue weighted by Crippen LogP contribution is 2.29. The van der Waals surface area contributed by atoms with Gasteiger partial charge in [0.05, 0.1) is 12.5 Å². The predicted molar refractivity (Wildman–Crippen MR) is 70.3 cm³/mol. The summed E-state index contributed by atoms with van der Waals surface area (Å²) in [7, 11) is 0. The minimum Gasteiger partial charge on any atom is -0.323 e. The highest BCUT2D eigenvalue weighted by atomic mass is 16.9. The Balaban J connectivity index is 1.54. The van der Waals surface area contributed by atoms with E-state index in [4.69, 9.17) is 9.47 Å². The molecule has 0 radical (unpaired) electrons. The minimum atomic E-state index is -0.304. The molecule has 0 aromatic heterocycles. The van der Waals surface area contributed by atoms with Gasteiger partial charge in [-0.25, -0.2) is 0 Å². The molecule has 2 aliphatic heterocycles. The lowest BCUT2D eigenvalue weighted by Gasteiger charge is -2.41. The van der Waals surface area contributed by atoms with Crippen LogP contribution >= 0.6 is 0 Å². The molecule has 2 fully saturated rings. The largest absolute Gasteiger partial charge is 0.323 e. The third-order valence-corrected chi connectivity index (χ3v) is 3.78. The van der Waals surface area contributed by atoms with E-state index >= 15 is 0 Å². The van der Waals surface area contributed by atoms with Crippen molar-refractivity contribution in [3.63, 3.8) is 0 Å². The number of Topliss-reactive ketones (excluding diaryl/α,β-unsaturated/α-hetero) is 1. The van der Waals surface area contributed by atoms with Crippen molar-refractivity contribution >= 4 is 5.78 Å². The Labute approximate surface area is 113 Å². The third-order valence-electron chi connectivity index (χ3n) is 3.78. The van der Waals surface area contributed by atoms with Gasteiger partial charge in [-0.2, -0.15) is 0 Å². The average Bonchev–Trinajstić information content (AvgIpc) is 2.37. The summed E-state index contributed by atoms with van der Waals surface area (Å²) < 4.78 is 10.9. The Bertz CT molecular complexity index is 442. The lowest BCUT2D eigenvalue weighted by Crippen LogP contribution is -2.52. The average molecular weight is 261 g/mol. The summed E-state index contributed by atoms with van der Waals surface area (Å²) in [6.45, 7) is 4.10. The van der Waals surface area contributed by atoms with Gasteiger partial charge < -0.3 is 9.47 Å². The molecule has 4 nitrogen and oxygen atoms in total. The van der Waals surface area contributed by atoms with E-state index in [1.807, 2.05) is 25.1 Å². The molecule has 3 rings (SSSR count). The van der Waals surface area contributed by atoms with Crippen molar-refractivity contribution in [1.29, 1.82) is 0 Å². The van der Waals surface area contributed by atoms with Gasteiger partial charge >= 0.3 is 0 Å². The van der Waals surface area contributed by atoms with Crippen molar-refractivity contribution < 1.29 is 14.3 Å². The lowest BCUT2D eigenvalue weighted by molar-refractivity contribution is -0.388. The summed E-state index contributed by atoms with van der Waals surface area (Å²) >= 11 is 0. The number of rotatable bonds is 3. The van der Waals surface area contributed by atoms with E-state index in [2.05, 4.69) is 17.0 Å². The van der Waals surface area contributed by atoms with E-state index in [0.29, 0.717) is 6.54 Å². The Kier molecular flexibility index (Phi) is 3.64. The van der Waals surface area contributed by atoms with E-state index in [0.717, 1.165) is 19.5 Å². The smallest absolute Gasteiger partial charge is 0.173 e. The van der Waals surface area contributed by atoms with Gasteiger partial charge in [0.25, 0.3) is 0 Å². The molecule has 0 aliphatic carbocycles. The van der Waals surface area contributed by atoms with Crippen molar-refractivity contribution in [1.82, 2.24) is 4.90 Å². The molecule has 1 atom stereocenters. The number of hydrogen-bond acceptors (Lipinski definition) is 4. The maximum absolute atomic E-state index is 12.1. The van der Waals surface area contributed by atoms with Crippen LogP contribution in [0.25, 0.3) is 0 Å². The number of likely N-dealkylation sites (tertiary alicyclic amines) is 1. The van der Waals surface area contributed by atoms with Crippen molar-refractivity contribution in [2.75, 3.05) is 13.1 Å². The molecule has 2 saturated heterocycles. The molecule has 4 heteroatoms. The second-order valence-electron chi connectivity index (χ2n) is 5.27. The van der Waals surface area contributed by atoms with Crippen LogP contribution in [0.5, 0.6) is 0 Å². The van der Waals surface area contributed by atoms with Gasteiger partial charge in [-0.05, 0) is 25.5 Å². The molecule has 0 spiro atoms. The molecule has 102 valence electrons. The van der Waals surface area contributed by atoms with Crippen LogP contribution in [0.2, 0.25) is 0 Å². The fourth-order valence-corrected chi connectivity index (χ4v) is 2.74. The number of hydrogen-bond donors (Lipinski definition) is 0. The monoisotopic (exact) mass is 261 g/mol. The van der Waals surface area contributed by atoms with Crippen LogP contribution < -0.4 is 0 Å². The van der Waals surface area contributed by atoms with Crippen LogP contribution in [0.4, 0.5) is 0 Å². The quantitative estimate of drug-likeness (QED) is 0.831. The third kappa shape index (κ3) is 2.86. The molecule has 0 N–H and O–H groups in total. The Morgan fingerprint density at radius 3 is 2.63 bits per heavy atom. The van der Waals surface area contributed by atoms with Crippen LogP contribution in [-0.2, 0) is 20.8 Å². The molecular weight excluding hydrogens is 242 g/mol. The number of carbonyl (C=O) groups excluding carboxylic acids is 1. The van der Waals surface area contributed by atoms with Crippen LogP contribution in [-0.4, -0.2) is 36.4 Å². The molecule has 1 unspecified atom stereocenters. The number of carbonyl (C=O) groups is 1. The summed E-state index contributed by atoms with van der Waals surface area (Å²) in [6.07, 6.45) is 0.366. The normalized spacial score (nSPS) is 32.1. The molecule has 1 aromatic carbocycles. The van der Waals surface area contributed by atoms with Gasteiger partial charge in [0, 0.05) is 6.54 Å². The van der Waals surface area contributed by atoms with Gasteiger partial charge in [0.2, 0.25) is 0 Å². The van der Waals surface area contributed by atoms with E-state index in [-0.39, 0.29) is 24.3 Å². The Morgan fingerprint density at radius 1 is 1.26 bits per heavy atom. The maximum Gasteiger partial charge on any atom is 0.173 e. The van der Waals surface area contributed by atoms with E-state index in [1.54, 1.807) is 0 Å². The standard InChI is InChI=1S/C15H19NO3/c1-11-18-15(19-11)13-7-8-16(10-14(13)17)9-12-5-3-2-4-6-12/h2-6,11,13,15H,7-10H2,1H3. The molecule has 2 aliphatic rings. The summed E-state index contributed by atoms with van der Waals surface area (Å²) in [5.41, 5.74) is 1.25. The van der Waals surface area contributed by atoms with Crippen molar-refractivity contribution in [3.8, 4) is 0 Å². The van der Waals surface area contributed by atoms with Crippen LogP contribution in [0.3, 0.4) is 0 Å². The van der Waals surface area contributed by atoms with Gasteiger partial charge in [-0.1, -0.05) is 30.3 Å². The number of nitrogens with zero attached hydrogens (tertiary/aromatic N) is 1. The number of benzene rings is 1. The molecule has 19 heavy (non-hydrogen) atoms. The van der Waals surface area contributed by atoms with E-state index in [1.165, 1.54) is 5.56 Å². The number of ether oxygens (including phenoxy) is 2. The SMILES string of the molecule is CC1OC(C2CCN(Cc3ccccc3)CC2=O)O1. The maximum atomic E-state index is 12.1. The van der Waals surface area contributed by atoms with E-state index < -0.39 is 0 Å². The lowest BCUT2D eigenvalue weighted by atomic mass is 9.93. The first-order valence-corrected chi connectivity index (χ1v) is 6.82. The van der Waals surface area contributed by atoms with Crippen molar-refractivity contribution in [2.24, 2.45) is 5.92 Å². The first-order valence-electron chi connectivity index (χ1n) is 6.82. The Morgan fingerprint density at radius 2 is 2.00 bits per heavy atom. The number of piperidine rings is 1. The zero-order valence-corrected chi connectivity index (χ0v) is 11.1. The second kappa shape index (κ2) is 5.41. The summed E-state index contributed by atoms with van der Waals surface area (Å²) in [6, 6.07) is 10.3. The fourth-order valence-electron chi connectivity index (χ4n) is 2.74. The second-order valence-corrected chi connectivity index (χ2v) is 5.27. The highest BCUT2D eigenvalue weighted by molar-refractivity contribution is 5.84. The van der Waals surface area contributed by atoms with Gasteiger partial charge in [0.1, 0.15) is 0 Å². The summed E-state index contributed by atoms with van der Waals surface area (Å²) in [5.74, 6) is 0.155.